The van der Waals surface area contributed by atoms with E-state index in [4.69, 9.17) is 14.2 Å². The molecule has 1 atom stereocenters. The maximum atomic E-state index is 5.89. The fraction of sp³-hybridized carbons (Fsp3) is 0.647. The molecule has 1 saturated heterocycles. The Kier molecular flexibility index (Phi) is 6.83. The second-order valence-electron chi connectivity index (χ2n) is 5.44. The second kappa shape index (κ2) is 8.90. The zero-order chi connectivity index (χ0) is 14.9. The van der Waals surface area contributed by atoms with E-state index in [0.717, 1.165) is 63.8 Å². The third-order valence-corrected chi connectivity index (χ3v) is 3.73. The van der Waals surface area contributed by atoms with Crippen molar-refractivity contribution < 1.29 is 14.2 Å². The summed E-state index contributed by atoms with van der Waals surface area (Å²) in [7, 11) is 0. The normalized spacial score (nSPS) is 17.4. The van der Waals surface area contributed by atoms with Crippen molar-refractivity contribution >= 4 is 0 Å². The van der Waals surface area contributed by atoms with Gasteiger partial charge in [0.15, 0.2) is 11.5 Å². The van der Waals surface area contributed by atoms with Crippen molar-refractivity contribution in [1.82, 2.24) is 4.90 Å². The van der Waals surface area contributed by atoms with Gasteiger partial charge < -0.3 is 14.2 Å². The van der Waals surface area contributed by atoms with E-state index >= 15 is 0 Å². The lowest BCUT2D eigenvalue weighted by molar-refractivity contribution is 0.0357. The van der Waals surface area contributed by atoms with E-state index in [9.17, 15) is 0 Å². The summed E-state index contributed by atoms with van der Waals surface area (Å²) in [6, 6.07) is 7.93. The molecule has 1 fully saturated rings. The van der Waals surface area contributed by atoms with Crippen molar-refractivity contribution in [3.63, 3.8) is 0 Å². The van der Waals surface area contributed by atoms with Crippen LogP contribution in [0.4, 0.5) is 0 Å². The minimum atomic E-state index is 0.211. The maximum absolute atomic E-state index is 5.89. The molecule has 0 spiro atoms. The van der Waals surface area contributed by atoms with E-state index < -0.39 is 0 Å². The number of para-hydroxylation sites is 2. The lowest BCUT2D eigenvalue weighted by Gasteiger charge is -2.26. The first-order chi connectivity index (χ1) is 10.3. The van der Waals surface area contributed by atoms with E-state index in [1.54, 1.807) is 0 Å². The summed E-state index contributed by atoms with van der Waals surface area (Å²) in [4.78, 5) is 2.43. The molecule has 0 radical (unpaired) electrons. The topological polar surface area (TPSA) is 30.9 Å². The smallest absolute Gasteiger partial charge is 0.161 e. The molecule has 21 heavy (non-hydrogen) atoms. The fourth-order valence-corrected chi connectivity index (χ4v) is 2.26. The van der Waals surface area contributed by atoms with Crippen LogP contribution in [0.3, 0.4) is 0 Å². The molecule has 2 rings (SSSR count). The molecule has 1 heterocycles. The first kappa shape index (κ1) is 16.1. The fourth-order valence-electron chi connectivity index (χ4n) is 2.26. The van der Waals surface area contributed by atoms with Gasteiger partial charge in [0.05, 0.1) is 25.9 Å². The highest BCUT2D eigenvalue weighted by molar-refractivity contribution is 5.39. The number of ether oxygens (including phenoxy) is 3. The van der Waals surface area contributed by atoms with Crippen LogP contribution in [-0.2, 0) is 4.74 Å². The van der Waals surface area contributed by atoms with Gasteiger partial charge >= 0.3 is 0 Å². The van der Waals surface area contributed by atoms with E-state index in [1.807, 2.05) is 24.3 Å². The zero-order valence-corrected chi connectivity index (χ0v) is 13.2. The Morgan fingerprint density at radius 2 is 1.90 bits per heavy atom. The lowest BCUT2D eigenvalue weighted by Crippen LogP contribution is -2.37. The monoisotopic (exact) mass is 293 g/mol. The number of nitrogens with zero attached hydrogens (tertiary/aromatic N) is 1. The zero-order valence-electron chi connectivity index (χ0n) is 13.2. The maximum Gasteiger partial charge on any atom is 0.161 e. The predicted octanol–water partition coefficient (Wildman–Crippen LogP) is 2.97. The van der Waals surface area contributed by atoms with Crippen molar-refractivity contribution in [2.75, 3.05) is 39.5 Å². The number of hydrogen-bond acceptors (Lipinski definition) is 4. The van der Waals surface area contributed by atoms with Crippen molar-refractivity contribution in [2.45, 2.75) is 32.8 Å². The highest BCUT2D eigenvalue weighted by atomic mass is 16.5. The third-order valence-electron chi connectivity index (χ3n) is 3.73. The van der Waals surface area contributed by atoms with Crippen molar-refractivity contribution in [1.29, 1.82) is 0 Å². The molecule has 1 aromatic carbocycles. The van der Waals surface area contributed by atoms with Gasteiger partial charge in [-0.1, -0.05) is 19.1 Å². The van der Waals surface area contributed by atoms with Crippen LogP contribution in [0.5, 0.6) is 11.5 Å². The SMILES string of the molecule is CC[C@@H](C)Oc1ccccc1OCCCN1CCOCC1. The summed E-state index contributed by atoms with van der Waals surface area (Å²) in [6.45, 7) is 9.77. The van der Waals surface area contributed by atoms with Crippen LogP contribution < -0.4 is 9.47 Å². The molecule has 1 aromatic rings. The van der Waals surface area contributed by atoms with Gasteiger partial charge in [0.25, 0.3) is 0 Å². The highest BCUT2D eigenvalue weighted by Crippen LogP contribution is 2.27. The van der Waals surface area contributed by atoms with Crippen LogP contribution in [0.15, 0.2) is 24.3 Å². The minimum absolute atomic E-state index is 0.211. The summed E-state index contributed by atoms with van der Waals surface area (Å²) in [6.07, 6.45) is 2.23. The third kappa shape index (κ3) is 5.56. The van der Waals surface area contributed by atoms with Crippen molar-refractivity contribution in [2.24, 2.45) is 0 Å². The Morgan fingerprint density at radius 1 is 1.19 bits per heavy atom. The van der Waals surface area contributed by atoms with Crippen LogP contribution in [0.2, 0.25) is 0 Å². The van der Waals surface area contributed by atoms with E-state index in [0.29, 0.717) is 0 Å². The predicted molar refractivity (Wildman–Crippen MR) is 84.2 cm³/mol. The van der Waals surface area contributed by atoms with Crippen LogP contribution in [0.1, 0.15) is 26.7 Å². The van der Waals surface area contributed by atoms with Crippen molar-refractivity contribution in [3.8, 4) is 11.5 Å². The average Bonchev–Trinajstić information content (AvgIpc) is 2.54. The van der Waals surface area contributed by atoms with Gasteiger partial charge in [-0.2, -0.15) is 0 Å². The second-order valence-corrected chi connectivity index (χ2v) is 5.44. The number of benzene rings is 1. The van der Waals surface area contributed by atoms with Crippen LogP contribution in [0, 0.1) is 0 Å². The summed E-state index contributed by atoms with van der Waals surface area (Å²) in [5, 5.41) is 0. The molecule has 1 aliphatic rings. The Morgan fingerprint density at radius 3 is 2.62 bits per heavy atom. The molecule has 0 aromatic heterocycles. The molecule has 1 aliphatic heterocycles. The molecular weight excluding hydrogens is 266 g/mol. The van der Waals surface area contributed by atoms with Crippen molar-refractivity contribution in [3.05, 3.63) is 24.3 Å². The van der Waals surface area contributed by atoms with Gasteiger partial charge in [0, 0.05) is 19.6 Å². The van der Waals surface area contributed by atoms with Crippen LogP contribution in [-0.4, -0.2) is 50.5 Å². The van der Waals surface area contributed by atoms with Crippen LogP contribution >= 0.6 is 0 Å². The van der Waals surface area contributed by atoms with Gasteiger partial charge in [0.1, 0.15) is 0 Å². The molecule has 4 nitrogen and oxygen atoms in total. The van der Waals surface area contributed by atoms with Gasteiger partial charge in [-0.3, -0.25) is 4.90 Å². The Bertz CT molecular complexity index is 405. The summed E-state index contributed by atoms with van der Waals surface area (Å²) in [5.74, 6) is 1.69. The quantitative estimate of drug-likeness (QED) is 0.690. The molecule has 0 unspecified atom stereocenters. The standard InChI is InChI=1S/C17H27NO3/c1-3-15(2)21-17-8-5-4-7-16(17)20-12-6-9-18-10-13-19-14-11-18/h4-5,7-8,15H,3,6,9-14H2,1-2H3/t15-/m1/s1. The minimum Gasteiger partial charge on any atom is -0.490 e. The van der Waals surface area contributed by atoms with E-state index in [-0.39, 0.29) is 6.10 Å². The Labute approximate surface area is 128 Å². The highest BCUT2D eigenvalue weighted by Gasteiger charge is 2.10. The summed E-state index contributed by atoms with van der Waals surface area (Å²) >= 11 is 0. The largest absolute Gasteiger partial charge is 0.490 e. The lowest BCUT2D eigenvalue weighted by atomic mass is 10.3. The molecule has 118 valence electrons. The van der Waals surface area contributed by atoms with Crippen LogP contribution in [0.25, 0.3) is 0 Å². The van der Waals surface area contributed by atoms with E-state index in [1.165, 1.54) is 0 Å². The van der Waals surface area contributed by atoms with E-state index in [2.05, 4.69) is 18.7 Å². The summed E-state index contributed by atoms with van der Waals surface area (Å²) in [5.41, 5.74) is 0. The average molecular weight is 293 g/mol. The molecule has 0 amide bonds. The molecule has 4 heteroatoms. The number of hydrogen-bond donors (Lipinski definition) is 0. The first-order valence-corrected chi connectivity index (χ1v) is 7.98. The Hall–Kier alpha value is -1.26. The van der Waals surface area contributed by atoms with Gasteiger partial charge in [-0.15, -0.1) is 0 Å². The molecular formula is C17H27NO3. The molecule has 0 bridgehead atoms. The Balaban J connectivity index is 1.74. The molecule has 0 N–H and O–H groups in total. The van der Waals surface area contributed by atoms with Gasteiger partial charge in [-0.05, 0) is 31.9 Å². The van der Waals surface area contributed by atoms with Gasteiger partial charge in [-0.25, -0.2) is 0 Å². The number of morpholine rings is 1. The number of rotatable bonds is 8. The molecule has 0 saturated carbocycles. The molecule has 0 aliphatic carbocycles. The van der Waals surface area contributed by atoms with Gasteiger partial charge in [0.2, 0.25) is 0 Å². The first-order valence-electron chi connectivity index (χ1n) is 7.98. The summed E-state index contributed by atoms with van der Waals surface area (Å²) < 4.78 is 17.1.